The SMILES string of the molecule is Cc1ccc(C(=O)Nc2cc(C)nn2-c2nc(-c3ccco3)cs2)cc1. The summed E-state index contributed by atoms with van der Waals surface area (Å²) in [5, 5.41) is 9.93. The van der Waals surface area contributed by atoms with Crippen LogP contribution in [0.15, 0.2) is 58.5 Å². The first kappa shape index (κ1) is 16.3. The molecule has 1 amide bonds. The second-order valence-electron chi connectivity index (χ2n) is 5.90. The molecule has 0 aliphatic carbocycles. The van der Waals surface area contributed by atoms with Crippen molar-refractivity contribution in [3.8, 4) is 16.6 Å². The number of carbonyl (C=O) groups is 1. The third-order valence-electron chi connectivity index (χ3n) is 3.83. The molecule has 0 aliphatic heterocycles. The molecule has 0 spiro atoms. The van der Waals surface area contributed by atoms with Gasteiger partial charge in [0.1, 0.15) is 11.5 Å². The van der Waals surface area contributed by atoms with Crippen LogP contribution in [0.3, 0.4) is 0 Å². The van der Waals surface area contributed by atoms with E-state index in [1.807, 2.05) is 49.6 Å². The highest BCUT2D eigenvalue weighted by atomic mass is 32.1. The van der Waals surface area contributed by atoms with Crippen molar-refractivity contribution in [2.75, 3.05) is 5.32 Å². The fraction of sp³-hybridized carbons (Fsp3) is 0.105. The summed E-state index contributed by atoms with van der Waals surface area (Å²) in [5.41, 5.74) is 3.23. The molecule has 3 aromatic heterocycles. The fourth-order valence-electron chi connectivity index (χ4n) is 2.53. The Kier molecular flexibility index (Phi) is 4.14. The number of hydrogen-bond donors (Lipinski definition) is 1. The lowest BCUT2D eigenvalue weighted by molar-refractivity contribution is 0.102. The second kappa shape index (κ2) is 6.61. The van der Waals surface area contributed by atoms with Gasteiger partial charge >= 0.3 is 0 Å². The molecule has 3 heterocycles. The predicted octanol–water partition coefficient (Wildman–Crippen LogP) is 4.46. The van der Waals surface area contributed by atoms with E-state index in [-0.39, 0.29) is 5.91 Å². The average Bonchev–Trinajstić information content (AvgIpc) is 3.35. The number of carbonyl (C=O) groups excluding carboxylic acids is 1. The van der Waals surface area contributed by atoms with Crippen LogP contribution in [0.2, 0.25) is 0 Å². The Morgan fingerprint density at radius 2 is 2.00 bits per heavy atom. The minimum absolute atomic E-state index is 0.186. The van der Waals surface area contributed by atoms with E-state index in [1.54, 1.807) is 23.1 Å². The number of benzene rings is 1. The van der Waals surface area contributed by atoms with E-state index < -0.39 is 0 Å². The van der Waals surface area contributed by atoms with Crippen molar-refractivity contribution in [3.05, 3.63) is 70.9 Å². The summed E-state index contributed by atoms with van der Waals surface area (Å²) in [6.07, 6.45) is 1.61. The summed E-state index contributed by atoms with van der Waals surface area (Å²) < 4.78 is 7.02. The molecule has 0 bridgehead atoms. The summed E-state index contributed by atoms with van der Waals surface area (Å²) >= 11 is 1.43. The highest BCUT2D eigenvalue weighted by Gasteiger charge is 2.16. The first-order valence-corrected chi connectivity index (χ1v) is 8.92. The van der Waals surface area contributed by atoms with Crippen molar-refractivity contribution in [2.24, 2.45) is 0 Å². The molecule has 4 rings (SSSR count). The van der Waals surface area contributed by atoms with Gasteiger partial charge in [0.15, 0.2) is 5.76 Å². The molecule has 26 heavy (non-hydrogen) atoms. The van der Waals surface area contributed by atoms with Crippen LogP contribution in [-0.2, 0) is 0 Å². The number of aromatic nitrogens is 3. The summed E-state index contributed by atoms with van der Waals surface area (Å²) in [6.45, 7) is 3.86. The van der Waals surface area contributed by atoms with Crippen molar-refractivity contribution in [2.45, 2.75) is 13.8 Å². The van der Waals surface area contributed by atoms with E-state index in [2.05, 4.69) is 15.4 Å². The molecule has 0 unspecified atom stereocenters. The predicted molar refractivity (Wildman–Crippen MR) is 101 cm³/mol. The van der Waals surface area contributed by atoms with Gasteiger partial charge in [-0.3, -0.25) is 4.79 Å². The molecule has 0 saturated carbocycles. The van der Waals surface area contributed by atoms with Gasteiger partial charge in [0.25, 0.3) is 5.91 Å². The first-order chi connectivity index (χ1) is 12.6. The van der Waals surface area contributed by atoms with Crippen molar-refractivity contribution in [1.29, 1.82) is 0 Å². The quantitative estimate of drug-likeness (QED) is 0.580. The van der Waals surface area contributed by atoms with Gasteiger partial charge in [-0.05, 0) is 38.1 Å². The molecule has 0 saturated heterocycles. The maximum Gasteiger partial charge on any atom is 0.256 e. The molecule has 4 aromatic rings. The molecule has 7 heteroatoms. The molecule has 0 atom stereocenters. The number of hydrogen-bond acceptors (Lipinski definition) is 5. The van der Waals surface area contributed by atoms with Crippen molar-refractivity contribution in [3.63, 3.8) is 0 Å². The highest BCUT2D eigenvalue weighted by Crippen LogP contribution is 2.26. The standard InChI is InChI=1S/C19H16N4O2S/c1-12-5-7-14(8-6-12)18(24)21-17-10-13(2)22-23(17)19-20-15(11-26-19)16-4-3-9-25-16/h3-11H,1-2H3,(H,21,24). The number of nitrogens with zero attached hydrogens (tertiary/aromatic N) is 3. The number of furan rings is 1. The largest absolute Gasteiger partial charge is 0.463 e. The lowest BCUT2D eigenvalue weighted by Gasteiger charge is -2.06. The van der Waals surface area contributed by atoms with Crippen LogP contribution in [-0.4, -0.2) is 20.7 Å². The molecular formula is C19H16N4O2S. The van der Waals surface area contributed by atoms with E-state index in [1.165, 1.54) is 11.3 Å². The van der Waals surface area contributed by atoms with E-state index in [0.29, 0.717) is 22.3 Å². The Morgan fingerprint density at radius 3 is 2.73 bits per heavy atom. The van der Waals surface area contributed by atoms with Crippen LogP contribution in [0.25, 0.3) is 16.6 Å². The van der Waals surface area contributed by atoms with E-state index in [9.17, 15) is 4.79 Å². The number of amides is 1. The molecule has 0 radical (unpaired) electrons. The molecule has 130 valence electrons. The van der Waals surface area contributed by atoms with Crippen LogP contribution in [0, 0.1) is 13.8 Å². The Morgan fingerprint density at radius 1 is 1.19 bits per heavy atom. The Hall–Kier alpha value is -3.19. The first-order valence-electron chi connectivity index (χ1n) is 8.04. The molecule has 0 aliphatic rings. The lowest BCUT2D eigenvalue weighted by atomic mass is 10.1. The maximum atomic E-state index is 12.5. The number of thiazole rings is 1. The zero-order valence-electron chi connectivity index (χ0n) is 14.3. The zero-order valence-corrected chi connectivity index (χ0v) is 15.1. The van der Waals surface area contributed by atoms with E-state index >= 15 is 0 Å². The van der Waals surface area contributed by atoms with Crippen LogP contribution >= 0.6 is 11.3 Å². The van der Waals surface area contributed by atoms with Gasteiger partial charge in [0.05, 0.1) is 12.0 Å². The Balaban J connectivity index is 1.63. The summed E-state index contributed by atoms with van der Waals surface area (Å²) in [6, 6.07) is 12.9. The summed E-state index contributed by atoms with van der Waals surface area (Å²) in [7, 11) is 0. The minimum Gasteiger partial charge on any atom is -0.463 e. The van der Waals surface area contributed by atoms with Gasteiger partial charge in [0, 0.05) is 17.0 Å². The van der Waals surface area contributed by atoms with Crippen molar-refractivity contribution < 1.29 is 9.21 Å². The van der Waals surface area contributed by atoms with Gasteiger partial charge in [-0.2, -0.15) is 9.78 Å². The Bertz CT molecular complexity index is 1050. The summed E-state index contributed by atoms with van der Waals surface area (Å²) in [5.74, 6) is 1.09. The highest BCUT2D eigenvalue weighted by molar-refractivity contribution is 7.12. The lowest BCUT2D eigenvalue weighted by Crippen LogP contribution is -2.15. The number of anilines is 1. The maximum absolute atomic E-state index is 12.5. The average molecular weight is 364 g/mol. The van der Waals surface area contributed by atoms with Gasteiger partial charge in [-0.1, -0.05) is 17.7 Å². The van der Waals surface area contributed by atoms with E-state index in [0.717, 1.165) is 17.0 Å². The van der Waals surface area contributed by atoms with Crippen molar-refractivity contribution in [1.82, 2.24) is 14.8 Å². The zero-order chi connectivity index (χ0) is 18.1. The van der Waals surface area contributed by atoms with Crippen molar-refractivity contribution >= 4 is 23.1 Å². The smallest absolute Gasteiger partial charge is 0.256 e. The van der Waals surface area contributed by atoms with Crippen LogP contribution < -0.4 is 5.32 Å². The topological polar surface area (TPSA) is 73.0 Å². The summed E-state index contributed by atoms with van der Waals surface area (Å²) in [4.78, 5) is 17.1. The molecular weight excluding hydrogens is 348 g/mol. The number of rotatable bonds is 4. The second-order valence-corrected chi connectivity index (χ2v) is 6.73. The molecule has 1 aromatic carbocycles. The fourth-order valence-corrected chi connectivity index (χ4v) is 3.30. The van der Waals surface area contributed by atoms with Gasteiger partial charge in [-0.25, -0.2) is 4.98 Å². The third kappa shape index (κ3) is 3.16. The molecule has 6 nitrogen and oxygen atoms in total. The van der Waals surface area contributed by atoms with Gasteiger partial charge < -0.3 is 9.73 Å². The third-order valence-corrected chi connectivity index (χ3v) is 4.65. The van der Waals surface area contributed by atoms with Gasteiger partial charge in [0.2, 0.25) is 5.13 Å². The van der Waals surface area contributed by atoms with Gasteiger partial charge in [-0.15, -0.1) is 11.3 Å². The molecule has 1 N–H and O–H groups in total. The van der Waals surface area contributed by atoms with Crippen LogP contribution in [0.1, 0.15) is 21.6 Å². The molecule has 0 fully saturated rings. The normalized spacial score (nSPS) is 10.8. The Labute approximate surface area is 154 Å². The van der Waals surface area contributed by atoms with Crippen LogP contribution in [0.4, 0.5) is 5.82 Å². The van der Waals surface area contributed by atoms with E-state index in [4.69, 9.17) is 4.42 Å². The number of aryl methyl sites for hydroxylation is 2. The minimum atomic E-state index is -0.186. The number of nitrogens with one attached hydrogen (secondary N) is 1. The van der Waals surface area contributed by atoms with Crippen LogP contribution in [0.5, 0.6) is 0 Å². The monoisotopic (exact) mass is 364 g/mol.